The van der Waals surface area contributed by atoms with Gasteiger partial charge in [-0.3, -0.25) is 0 Å². The van der Waals surface area contributed by atoms with Gasteiger partial charge in [-0.2, -0.15) is 0 Å². The summed E-state index contributed by atoms with van der Waals surface area (Å²) >= 11 is 6.15. The molecular weight excluding hydrogens is 228 g/mol. The molecule has 0 saturated carbocycles. The Morgan fingerprint density at radius 2 is 1.94 bits per heavy atom. The van der Waals surface area contributed by atoms with E-state index < -0.39 is 0 Å². The van der Waals surface area contributed by atoms with Gasteiger partial charge in [0.15, 0.2) is 0 Å². The molecule has 1 aromatic carbocycles. The van der Waals surface area contributed by atoms with Gasteiger partial charge in [0.05, 0.1) is 0 Å². The van der Waals surface area contributed by atoms with Crippen LogP contribution in [-0.4, -0.2) is 0 Å². The molecule has 1 heteroatoms. The van der Waals surface area contributed by atoms with Crippen LogP contribution in [0.3, 0.4) is 0 Å². The van der Waals surface area contributed by atoms with Crippen LogP contribution in [0.4, 0.5) is 0 Å². The Kier molecular flexibility index (Phi) is 5.27. The van der Waals surface area contributed by atoms with E-state index in [1.165, 1.54) is 31.2 Å². The van der Waals surface area contributed by atoms with Gasteiger partial charge in [0.2, 0.25) is 0 Å². The molecule has 0 nitrogen and oxygen atoms in total. The molecule has 0 amide bonds. The maximum absolute atomic E-state index is 6.15. The van der Waals surface area contributed by atoms with Crippen LogP contribution >= 0.6 is 11.6 Å². The van der Waals surface area contributed by atoms with Gasteiger partial charge in [-0.05, 0) is 35.1 Å². The lowest BCUT2D eigenvalue weighted by molar-refractivity contribution is 0.450. The van der Waals surface area contributed by atoms with Gasteiger partial charge in [0, 0.05) is 5.02 Å². The maximum atomic E-state index is 6.15. The molecule has 0 atom stereocenters. The van der Waals surface area contributed by atoms with Gasteiger partial charge < -0.3 is 0 Å². The van der Waals surface area contributed by atoms with Crippen molar-refractivity contribution in [2.45, 2.75) is 51.9 Å². The summed E-state index contributed by atoms with van der Waals surface area (Å²) in [6.07, 6.45) is 6.91. The number of hydrogen-bond donors (Lipinski definition) is 0. The third-order valence-corrected chi connectivity index (χ3v) is 3.56. The van der Waals surface area contributed by atoms with E-state index in [1.807, 2.05) is 12.1 Å². The molecule has 0 fully saturated rings. The Morgan fingerprint density at radius 3 is 2.53 bits per heavy atom. The number of benzene rings is 1. The van der Waals surface area contributed by atoms with Gasteiger partial charge in [-0.15, -0.1) is 0 Å². The van der Waals surface area contributed by atoms with Crippen LogP contribution in [0.25, 0.3) is 6.08 Å². The van der Waals surface area contributed by atoms with Crippen LogP contribution < -0.4 is 0 Å². The Bertz CT molecular complexity index is 377. The molecule has 0 aliphatic heterocycles. The first-order chi connectivity index (χ1) is 7.99. The van der Waals surface area contributed by atoms with E-state index in [0.29, 0.717) is 0 Å². The second-order valence-electron chi connectivity index (χ2n) is 5.32. The molecule has 0 aliphatic carbocycles. The van der Waals surface area contributed by atoms with Gasteiger partial charge >= 0.3 is 0 Å². The molecule has 0 heterocycles. The zero-order chi connectivity index (χ0) is 12.9. The average Bonchev–Trinajstić information content (AvgIpc) is 2.28. The normalized spacial score (nSPS) is 11.5. The van der Waals surface area contributed by atoms with Crippen molar-refractivity contribution >= 4 is 17.7 Å². The fourth-order valence-corrected chi connectivity index (χ4v) is 2.33. The van der Waals surface area contributed by atoms with Crippen molar-refractivity contribution in [3.8, 4) is 0 Å². The zero-order valence-electron chi connectivity index (χ0n) is 11.2. The summed E-state index contributed by atoms with van der Waals surface area (Å²) in [6, 6.07) is 6.24. The average molecular weight is 251 g/mol. The molecule has 1 rings (SSSR count). The number of rotatable bonds is 6. The Morgan fingerprint density at radius 1 is 1.24 bits per heavy atom. The first-order valence-corrected chi connectivity index (χ1v) is 6.81. The van der Waals surface area contributed by atoms with Crippen LogP contribution in [0, 0.1) is 0 Å². The number of hydrogen-bond acceptors (Lipinski definition) is 0. The highest BCUT2D eigenvalue weighted by atomic mass is 35.5. The molecule has 0 aromatic heterocycles. The first kappa shape index (κ1) is 14.3. The molecule has 0 spiro atoms. The highest BCUT2D eigenvalue weighted by Gasteiger charge is 2.20. The van der Waals surface area contributed by atoms with E-state index in [9.17, 15) is 0 Å². The topological polar surface area (TPSA) is 0 Å². The van der Waals surface area contributed by atoms with E-state index >= 15 is 0 Å². The molecule has 0 radical (unpaired) electrons. The largest absolute Gasteiger partial charge is 0.0985 e. The molecular formula is C16H23Cl. The van der Waals surface area contributed by atoms with Crippen LogP contribution in [0.5, 0.6) is 0 Å². The van der Waals surface area contributed by atoms with Crippen LogP contribution in [0.2, 0.25) is 5.02 Å². The molecule has 17 heavy (non-hydrogen) atoms. The van der Waals surface area contributed by atoms with Crippen molar-refractivity contribution in [1.29, 1.82) is 0 Å². The summed E-state index contributed by atoms with van der Waals surface area (Å²) in [5, 5.41) is 0.806. The Hall–Kier alpha value is -0.750. The van der Waals surface area contributed by atoms with Crippen molar-refractivity contribution in [2.24, 2.45) is 0 Å². The summed E-state index contributed by atoms with van der Waals surface area (Å²) in [5.74, 6) is 0. The van der Waals surface area contributed by atoms with E-state index in [4.69, 9.17) is 11.6 Å². The van der Waals surface area contributed by atoms with E-state index in [1.54, 1.807) is 0 Å². The molecule has 0 bridgehead atoms. The highest BCUT2D eigenvalue weighted by Crippen LogP contribution is 2.32. The minimum Gasteiger partial charge on any atom is -0.0985 e. The molecule has 0 saturated heterocycles. The van der Waals surface area contributed by atoms with E-state index in [2.05, 4.69) is 39.5 Å². The third kappa shape index (κ3) is 4.20. The predicted molar refractivity (Wildman–Crippen MR) is 78.7 cm³/mol. The quantitative estimate of drug-likeness (QED) is 0.557. The lowest BCUT2D eigenvalue weighted by Crippen LogP contribution is -2.17. The highest BCUT2D eigenvalue weighted by molar-refractivity contribution is 6.30. The summed E-state index contributed by atoms with van der Waals surface area (Å²) < 4.78 is 0. The Labute approximate surface area is 111 Å². The lowest BCUT2D eigenvalue weighted by Gasteiger charge is -2.26. The minimum absolute atomic E-state index is 0.192. The standard InChI is InChI=1S/C16H23Cl/c1-5-7-8-9-16(3,4)14-10-13(6-2)11-15(17)12-14/h6,10-12H,2,5,7-9H2,1,3-4H3. The summed E-state index contributed by atoms with van der Waals surface area (Å²) in [7, 11) is 0. The molecule has 94 valence electrons. The van der Waals surface area contributed by atoms with Crippen molar-refractivity contribution in [2.75, 3.05) is 0 Å². The predicted octanol–water partition coefficient (Wildman–Crippen LogP) is 5.84. The molecule has 0 aliphatic rings. The summed E-state index contributed by atoms with van der Waals surface area (Å²) in [5.41, 5.74) is 2.62. The van der Waals surface area contributed by atoms with Gasteiger partial charge in [-0.25, -0.2) is 0 Å². The van der Waals surface area contributed by atoms with E-state index in [-0.39, 0.29) is 5.41 Å². The van der Waals surface area contributed by atoms with E-state index in [0.717, 1.165) is 10.6 Å². The van der Waals surface area contributed by atoms with Crippen molar-refractivity contribution in [1.82, 2.24) is 0 Å². The minimum atomic E-state index is 0.192. The van der Waals surface area contributed by atoms with Crippen molar-refractivity contribution in [3.63, 3.8) is 0 Å². The van der Waals surface area contributed by atoms with Crippen molar-refractivity contribution in [3.05, 3.63) is 40.9 Å². The third-order valence-electron chi connectivity index (χ3n) is 3.34. The first-order valence-electron chi connectivity index (χ1n) is 6.43. The van der Waals surface area contributed by atoms with Gasteiger partial charge in [-0.1, -0.05) is 70.4 Å². The van der Waals surface area contributed by atoms with Gasteiger partial charge in [0.25, 0.3) is 0 Å². The monoisotopic (exact) mass is 250 g/mol. The van der Waals surface area contributed by atoms with Crippen LogP contribution in [0.1, 0.15) is 57.6 Å². The second-order valence-corrected chi connectivity index (χ2v) is 5.75. The van der Waals surface area contributed by atoms with Crippen LogP contribution in [-0.2, 0) is 5.41 Å². The van der Waals surface area contributed by atoms with Crippen LogP contribution in [0.15, 0.2) is 24.8 Å². The SMILES string of the molecule is C=Cc1cc(Cl)cc(C(C)(C)CCCCC)c1. The number of unbranched alkanes of at least 4 members (excludes halogenated alkanes) is 2. The molecule has 0 unspecified atom stereocenters. The smallest absolute Gasteiger partial charge is 0.0414 e. The molecule has 1 aromatic rings. The number of halogens is 1. The fourth-order valence-electron chi connectivity index (χ4n) is 2.08. The lowest BCUT2D eigenvalue weighted by atomic mass is 9.79. The summed E-state index contributed by atoms with van der Waals surface area (Å²) in [6.45, 7) is 10.6. The van der Waals surface area contributed by atoms with Gasteiger partial charge in [0.1, 0.15) is 0 Å². The Balaban J connectivity index is 2.89. The maximum Gasteiger partial charge on any atom is 0.0414 e. The molecule has 0 N–H and O–H groups in total. The summed E-state index contributed by atoms with van der Waals surface area (Å²) in [4.78, 5) is 0. The second kappa shape index (κ2) is 6.26. The zero-order valence-corrected chi connectivity index (χ0v) is 12.0. The van der Waals surface area contributed by atoms with Crippen molar-refractivity contribution < 1.29 is 0 Å². The fraction of sp³-hybridized carbons (Fsp3) is 0.500.